The van der Waals surface area contributed by atoms with Crippen molar-refractivity contribution < 1.29 is 19.1 Å². The zero-order chi connectivity index (χ0) is 21.7. The average molecular weight is 419 g/mol. The molecule has 3 aromatic rings. The summed E-state index contributed by atoms with van der Waals surface area (Å²) < 4.78 is 10.9. The van der Waals surface area contributed by atoms with Crippen molar-refractivity contribution in [3.05, 3.63) is 59.3 Å². The Hall–Kier alpha value is -3.48. The van der Waals surface area contributed by atoms with Crippen molar-refractivity contribution in [3.8, 4) is 11.5 Å². The highest BCUT2D eigenvalue weighted by Gasteiger charge is 2.52. The number of aromatic amines is 1. The summed E-state index contributed by atoms with van der Waals surface area (Å²) in [4.78, 5) is 33.3. The second kappa shape index (κ2) is 7.34. The number of hydrogen-bond donors (Lipinski definition) is 1. The predicted octanol–water partition coefficient (Wildman–Crippen LogP) is 3.87. The second-order valence-electron chi connectivity index (χ2n) is 7.98. The average Bonchev–Trinajstić information content (AvgIpc) is 3.28. The smallest absolute Gasteiger partial charge is 0.328 e. The van der Waals surface area contributed by atoms with Gasteiger partial charge in [-0.1, -0.05) is 31.2 Å². The summed E-state index contributed by atoms with van der Waals surface area (Å²) >= 11 is 0. The summed E-state index contributed by atoms with van der Waals surface area (Å²) in [6.45, 7) is 2.40. The number of para-hydroxylation sites is 1. The molecule has 0 saturated carbocycles. The van der Waals surface area contributed by atoms with E-state index < -0.39 is 12.1 Å². The monoisotopic (exact) mass is 419 g/mol. The lowest BCUT2D eigenvalue weighted by Crippen LogP contribution is -2.44. The Balaban J connectivity index is 1.72. The number of imide groups is 1. The quantitative estimate of drug-likeness (QED) is 0.637. The van der Waals surface area contributed by atoms with Gasteiger partial charge >= 0.3 is 6.03 Å². The molecule has 3 heterocycles. The Morgan fingerprint density at radius 1 is 1.06 bits per heavy atom. The molecule has 2 aliphatic rings. The van der Waals surface area contributed by atoms with Gasteiger partial charge in [0.25, 0.3) is 5.91 Å². The lowest BCUT2D eigenvalue weighted by atomic mass is 9.88. The summed E-state index contributed by atoms with van der Waals surface area (Å²) in [6, 6.07) is 12.6. The second-order valence-corrected chi connectivity index (χ2v) is 7.98. The number of amides is 3. The Bertz CT molecular complexity index is 1180. The first-order valence-corrected chi connectivity index (χ1v) is 10.5. The van der Waals surface area contributed by atoms with Gasteiger partial charge in [0.05, 0.1) is 14.2 Å². The van der Waals surface area contributed by atoms with Crippen LogP contribution in [0.2, 0.25) is 0 Å². The standard InChI is InChI=1S/C24H25N3O4/c1-4-11-26-23(28)18-13-16-15-7-5-6-8-17(15)25-21(16)22(27(18)24(26)29)14-9-10-19(30-2)20(12-14)31-3/h5-10,12,18,22,25H,4,11,13H2,1-3H3. The van der Waals surface area contributed by atoms with Gasteiger partial charge < -0.3 is 14.5 Å². The number of ether oxygens (including phenoxy) is 2. The topological polar surface area (TPSA) is 74.9 Å². The van der Waals surface area contributed by atoms with Gasteiger partial charge in [-0.05, 0) is 35.7 Å². The van der Waals surface area contributed by atoms with Gasteiger partial charge in [0, 0.05) is 29.6 Å². The molecule has 2 atom stereocenters. The first-order valence-electron chi connectivity index (χ1n) is 10.5. The fraction of sp³-hybridized carbons (Fsp3) is 0.333. The number of urea groups is 1. The molecule has 5 rings (SSSR count). The van der Waals surface area contributed by atoms with Gasteiger partial charge in [-0.3, -0.25) is 14.6 Å². The number of hydrogen-bond acceptors (Lipinski definition) is 4. The van der Waals surface area contributed by atoms with Crippen LogP contribution >= 0.6 is 0 Å². The Morgan fingerprint density at radius 2 is 1.84 bits per heavy atom. The fourth-order valence-electron chi connectivity index (χ4n) is 4.93. The molecular weight excluding hydrogens is 394 g/mol. The molecule has 2 unspecified atom stereocenters. The summed E-state index contributed by atoms with van der Waals surface area (Å²) in [5, 5.41) is 1.09. The van der Waals surface area contributed by atoms with Crippen LogP contribution in [0.15, 0.2) is 42.5 Å². The van der Waals surface area contributed by atoms with Crippen LogP contribution in [0.25, 0.3) is 10.9 Å². The number of carbonyl (C=O) groups excluding carboxylic acids is 2. The molecule has 160 valence electrons. The van der Waals surface area contributed by atoms with E-state index in [2.05, 4.69) is 11.1 Å². The Labute approximate surface area is 180 Å². The van der Waals surface area contributed by atoms with Crippen molar-refractivity contribution in [1.82, 2.24) is 14.8 Å². The van der Waals surface area contributed by atoms with Crippen molar-refractivity contribution in [2.45, 2.75) is 31.8 Å². The Kier molecular flexibility index (Phi) is 4.61. The lowest BCUT2D eigenvalue weighted by molar-refractivity contribution is -0.128. The first kappa shape index (κ1) is 19.5. The fourth-order valence-corrected chi connectivity index (χ4v) is 4.93. The molecule has 7 heteroatoms. The van der Waals surface area contributed by atoms with Gasteiger partial charge in [-0.15, -0.1) is 0 Å². The van der Waals surface area contributed by atoms with Gasteiger partial charge in [-0.25, -0.2) is 4.79 Å². The van der Waals surface area contributed by atoms with E-state index in [1.807, 2.05) is 43.3 Å². The number of benzene rings is 2. The van der Waals surface area contributed by atoms with Crippen molar-refractivity contribution in [1.29, 1.82) is 0 Å². The van der Waals surface area contributed by atoms with E-state index in [-0.39, 0.29) is 11.9 Å². The van der Waals surface area contributed by atoms with Crippen LogP contribution in [0, 0.1) is 0 Å². The number of nitrogens with zero attached hydrogens (tertiary/aromatic N) is 2. The SMILES string of the molecule is CCCN1C(=O)C2Cc3c([nH]c4ccccc34)C(c3ccc(OC)c(OC)c3)N2C1=O. The number of fused-ring (bicyclic) bond motifs is 4. The lowest BCUT2D eigenvalue weighted by Gasteiger charge is -2.36. The van der Waals surface area contributed by atoms with Crippen LogP contribution in [-0.2, 0) is 11.2 Å². The normalized spacial score (nSPS) is 20.2. The van der Waals surface area contributed by atoms with Gasteiger partial charge in [0.15, 0.2) is 11.5 Å². The summed E-state index contributed by atoms with van der Waals surface area (Å²) in [5.74, 6) is 1.09. The zero-order valence-corrected chi connectivity index (χ0v) is 17.8. The molecule has 0 bridgehead atoms. The van der Waals surface area contributed by atoms with Crippen molar-refractivity contribution in [2.24, 2.45) is 0 Å². The number of methoxy groups -OCH3 is 2. The third-order valence-electron chi connectivity index (χ3n) is 6.30. The highest BCUT2D eigenvalue weighted by molar-refractivity contribution is 6.05. The number of carbonyl (C=O) groups is 2. The number of aromatic nitrogens is 1. The van der Waals surface area contributed by atoms with Crippen LogP contribution in [0.4, 0.5) is 4.79 Å². The summed E-state index contributed by atoms with van der Waals surface area (Å²) in [7, 11) is 3.18. The minimum absolute atomic E-state index is 0.117. The molecule has 1 saturated heterocycles. The Morgan fingerprint density at radius 3 is 2.58 bits per heavy atom. The maximum absolute atomic E-state index is 13.4. The highest BCUT2D eigenvalue weighted by Crippen LogP contribution is 2.45. The molecule has 0 aliphatic carbocycles. The number of H-pyrrole nitrogens is 1. The zero-order valence-electron chi connectivity index (χ0n) is 17.8. The molecule has 1 aromatic heterocycles. The molecule has 0 radical (unpaired) electrons. The predicted molar refractivity (Wildman–Crippen MR) is 116 cm³/mol. The van der Waals surface area contributed by atoms with E-state index in [9.17, 15) is 9.59 Å². The van der Waals surface area contributed by atoms with E-state index in [1.54, 1.807) is 19.1 Å². The molecule has 2 aliphatic heterocycles. The van der Waals surface area contributed by atoms with Gasteiger partial charge in [-0.2, -0.15) is 0 Å². The highest BCUT2D eigenvalue weighted by atomic mass is 16.5. The molecule has 3 amide bonds. The minimum Gasteiger partial charge on any atom is -0.493 e. The van der Waals surface area contributed by atoms with E-state index in [4.69, 9.17) is 9.47 Å². The summed E-state index contributed by atoms with van der Waals surface area (Å²) in [5.41, 5.74) is 3.92. The van der Waals surface area contributed by atoms with Crippen LogP contribution in [0.5, 0.6) is 11.5 Å². The molecular formula is C24H25N3O4. The van der Waals surface area contributed by atoms with E-state index in [1.165, 1.54) is 4.90 Å². The molecule has 1 N–H and O–H groups in total. The largest absolute Gasteiger partial charge is 0.493 e. The number of nitrogens with one attached hydrogen (secondary N) is 1. The molecule has 31 heavy (non-hydrogen) atoms. The van der Waals surface area contributed by atoms with Crippen LogP contribution in [0.1, 0.15) is 36.2 Å². The molecule has 7 nitrogen and oxygen atoms in total. The molecule has 2 aromatic carbocycles. The van der Waals surface area contributed by atoms with Crippen molar-refractivity contribution in [2.75, 3.05) is 20.8 Å². The maximum atomic E-state index is 13.4. The van der Waals surface area contributed by atoms with Crippen LogP contribution in [-0.4, -0.2) is 53.5 Å². The summed E-state index contributed by atoms with van der Waals surface area (Å²) in [6.07, 6.45) is 1.24. The van der Waals surface area contributed by atoms with Gasteiger partial charge in [0.2, 0.25) is 0 Å². The molecule has 1 fully saturated rings. The van der Waals surface area contributed by atoms with Crippen molar-refractivity contribution >= 4 is 22.8 Å². The third kappa shape index (κ3) is 2.80. The van der Waals surface area contributed by atoms with Crippen LogP contribution in [0.3, 0.4) is 0 Å². The third-order valence-corrected chi connectivity index (χ3v) is 6.30. The van der Waals surface area contributed by atoms with Gasteiger partial charge in [0.1, 0.15) is 12.1 Å². The first-order chi connectivity index (χ1) is 15.1. The maximum Gasteiger partial charge on any atom is 0.328 e. The molecule has 0 spiro atoms. The minimum atomic E-state index is -0.510. The number of rotatable bonds is 5. The van der Waals surface area contributed by atoms with E-state index >= 15 is 0 Å². The van der Waals surface area contributed by atoms with E-state index in [0.29, 0.717) is 24.5 Å². The van der Waals surface area contributed by atoms with Crippen LogP contribution < -0.4 is 9.47 Å². The van der Waals surface area contributed by atoms with E-state index in [0.717, 1.165) is 34.1 Å². The van der Waals surface area contributed by atoms with Crippen molar-refractivity contribution in [3.63, 3.8) is 0 Å².